The van der Waals surface area contributed by atoms with E-state index in [0.717, 1.165) is 19.0 Å². The lowest BCUT2D eigenvalue weighted by molar-refractivity contribution is 0.210. The summed E-state index contributed by atoms with van der Waals surface area (Å²) in [5.41, 5.74) is 0.724. The lowest BCUT2D eigenvalue weighted by Crippen LogP contribution is -2.53. The first-order chi connectivity index (χ1) is 7.70. The van der Waals surface area contributed by atoms with Crippen LogP contribution < -0.4 is 10.6 Å². The summed E-state index contributed by atoms with van der Waals surface area (Å²) in [6.07, 6.45) is 3.81. The Kier molecular flexibility index (Phi) is 5.03. The van der Waals surface area contributed by atoms with Gasteiger partial charge in [0.05, 0.1) is 0 Å². The molecule has 2 nitrogen and oxygen atoms in total. The number of rotatable bonds is 5. The van der Waals surface area contributed by atoms with Gasteiger partial charge in [-0.05, 0) is 51.0 Å². The summed E-state index contributed by atoms with van der Waals surface area (Å²) in [4.78, 5) is 0. The minimum absolute atomic E-state index is 0.304. The van der Waals surface area contributed by atoms with Crippen molar-refractivity contribution >= 4 is 0 Å². The topological polar surface area (TPSA) is 24.1 Å². The Morgan fingerprint density at radius 2 is 2.00 bits per heavy atom. The van der Waals surface area contributed by atoms with Crippen molar-refractivity contribution in [1.82, 2.24) is 10.6 Å². The molecular formula is C15H32N2. The van der Waals surface area contributed by atoms with Gasteiger partial charge in [-0.15, -0.1) is 0 Å². The molecule has 102 valence electrons. The van der Waals surface area contributed by atoms with Gasteiger partial charge in [-0.3, -0.25) is 0 Å². The summed E-state index contributed by atoms with van der Waals surface area (Å²) in [5, 5.41) is 7.36. The van der Waals surface area contributed by atoms with E-state index in [0.29, 0.717) is 17.0 Å². The highest BCUT2D eigenvalue weighted by Gasteiger charge is 2.28. The Balaban J connectivity index is 2.35. The number of piperidine rings is 1. The number of hydrogen-bond acceptors (Lipinski definition) is 2. The maximum atomic E-state index is 3.78. The monoisotopic (exact) mass is 240 g/mol. The normalized spacial score (nSPS) is 25.2. The zero-order chi connectivity index (χ0) is 13.1. The Labute approximate surface area is 108 Å². The van der Waals surface area contributed by atoms with E-state index in [4.69, 9.17) is 0 Å². The predicted molar refractivity (Wildman–Crippen MR) is 76.3 cm³/mol. The fraction of sp³-hybridized carbons (Fsp3) is 1.00. The van der Waals surface area contributed by atoms with Gasteiger partial charge >= 0.3 is 0 Å². The lowest BCUT2D eigenvalue weighted by atomic mass is 9.83. The first-order valence-corrected chi connectivity index (χ1v) is 7.19. The third-order valence-corrected chi connectivity index (χ3v) is 3.68. The molecule has 0 aliphatic carbocycles. The average molecular weight is 240 g/mol. The van der Waals surface area contributed by atoms with Crippen molar-refractivity contribution < 1.29 is 0 Å². The molecule has 0 aromatic heterocycles. The van der Waals surface area contributed by atoms with Crippen LogP contribution in [0.15, 0.2) is 0 Å². The van der Waals surface area contributed by atoms with Gasteiger partial charge in [-0.25, -0.2) is 0 Å². The molecule has 1 aliphatic rings. The van der Waals surface area contributed by atoms with Gasteiger partial charge < -0.3 is 10.6 Å². The van der Waals surface area contributed by atoms with Gasteiger partial charge in [-0.2, -0.15) is 0 Å². The van der Waals surface area contributed by atoms with Gasteiger partial charge in [0.1, 0.15) is 0 Å². The summed E-state index contributed by atoms with van der Waals surface area (Å²) in [6.45, 7) is 16.3. The molecule has 2 heteroatoms. The Bertz CT molecular complexity index is 231. The molecule has 0 aromatic carbocycles. The Morgan fingerprint density at radius 1 is 1.35 bits per heavy atom. The molecule has 0 aromatic rings. The molecule has 1 fully saturated rings. The second kappa shape index (κ2) is 5.71. The van der Waals surface area contributed by atoms with Crippen molar-refractivity contribution in [3.63, 3.8) is 0 Å². The molecule has 0 spiro atoms. The third-order valence-electron chi connectivity index (χ3n) is 3.68. The molecule has 1 saturated heterocycles. The van der Waals surface area contributed by atoms with Crippen molar-refractivity contribution in [2.45, 2.75) is 72.4 Å². The van der Waals surface area contributed by atoms with Crippen LogP contribution in [-0.2, 0) is 0 Å². The fourth-order valence-corrected chi connectivity index (χ4v) is 3.15. The number of nitrogens with one attached hydrogen (secondary N) is 2. The minimum Gasteiger partial charge on any atom is -0.313 e. The first kappa shape index (κ1) is 15.0. The Morgan fingerprint density at radius 3 is 2.53 bits per heavy atom. The largest absolute Gasteiger partial charge is 0.313 e. The van der Waals surface area contributed by atoms with E-state index >= 15 is 0 Å². The second-order valence-electron chi connectivity index (χ2n) is 7.64. The van der Waals surface area contributed by atoms with Crippen LogP contribution in [0.5, 0.6) is 0 Å². The molecule has 1 rings (SSSR count). The zero-order valence-electron chi connectivity index (χ0n) is 12.7. The summed E-state index contributed by atoms with van der Waals surface area (Å²) < 4.78 is 0. The van der Waals surface area contributed by atoms with Crippen molar-refractivity contribution in [1.29, 1.82) is 0 Å². The third kappa shape index (κ3) is 5.87. The van der Waals surface area contributed by atoms with Crippen LogP contribution in [0.25, 0.3) is 0 Å². The van der Waals surface area contributed by atoms with E-state index in [1.807, 2.05) is 0 Å². The Hall–Kier alpha value is -0.0800. The molecule has 2 N–H and O–H groups in total. The summed E-state index contributed by atoms with van der Waals surface area (Å²) in [5.74, 6) is 0.788. The minimum atomic E-state index is 0.304. The summed E-state index contributed by atoms with van der Waals surface area (Å²) in [7, 11) is 0. The molecule has 1 aliphatic heterocycles. The van der Waals surface area contributed by atoms with Gasteiger partial charge in [0.2, 0.25) is 0 Å². The van der Waals surface area contributed by atoms with Gasteiger partial charge in [0.15, 0.2) is 0 Å². The maximum Gasteiger partial charge on any atom is 0.0139 e. The van der Waals surface area contributed by atoms with Gasteiger partial charge in [0.25, 0.3) is 0 Å². The molecule has 1 heterocycles. The first-order valence-electron chi connectivity index (χ1n) is 7.19. The van der Waals surface area contributed by atoms with Gasteiger partial charge in [-0.1, -0.05) is 27.7 Å². The predicted octanol–water partition coefficient (Wildman–Crippen LogP) is 3.18. The summed E-state index contributed by atoms with van der Waals surface area (Å²) in [6, 6.07) is 0.692. The molecule has 1 atom stereocenters. The van der Waals surface area contributed by atoms with E-state index in [1.54, 1.807) is 0 Å². The van der Waals surface area contributed by atoms with Crippen molar-refractivity contribution in [2.24, 2.45) is 11.3 Å². The quantitative estimate of drug-likeness (QED) is 0.771. The molecule has 1 unspecified atom stereocenters. The fourth-order valence-electron chi connectivity index (χ4n) is 3.15. The maximum absolute atomic E-state index is 3.78. The summed E-state index contributed by atoms with van der Waals surface area (Å²) >= 11 is 0. The van der Waals surface area contributed by atoms with E-state index < -0.39 is 0 Å². The molecular weight excluding hydrogens is 208 g/mol. The van der Waals surface area contributed by atoms with Crippen LogP contribution >= 0.6 is 0 Å². The highest BCUT2D eigenvalue weighted by atomic mass is 15.0. The lowest BCUT2D eigenvalue weighted by Gasteiger charge is -2.38. The van der Waals surface area contributed by atoms with E-state index in [9.17, 15) is 0 Å². The standard InChI is InChI=1S/C15H32N2/c1-12(2)9-14(3,4)11-16-13-7-8-17-15(5,6)10-13/h12-13,16-17H,7-11H2,1-6H3. The molecule has 0 radical (unpaired) electrons. The van der Waals surface area contributed by atoms with Crippen LogP contribution in [0.2, 0.25) is 0 Å². The molecule has 17 heavy (non-hydrogen) atoms. The smallest absolute Gasteiger partial charge is 0.0139 e. The SMILES string of the molecule is CC(C)CC(C)(C)CNC1CCNC(C)(C)C1. The highest BCUT2D eigenvalue weighted by molar-refractivity contribution is 4.90. The van der Waals surface area contributed by atoms with Gasteiger partial charge in [0, 0.05) is 18.1 Å². The molecule has 0 bridgehead atoms. The van der Waals surface area contributed by atoms with E-state index in [-0.39, 0.29) is 0 Å². The second-order valence-corrected chi connectivity index (χ2v) is 7.64. The molecule has 0 amide bonds. The van der Waals surface area contributed by atoms with Crippen molar-refractivity contribution in [2.75, 3.05) is 13.1 Å². The van der Waals surface area contributed by atoms with Crippen molar-refractivity contribution in [3.05, 3.63) is 0 Å². The van der Waals surface area contributed by atoms with Crippen molar-refractivity contribution in [3.8, 4) is 0 Å². The van der Waals surface area contributed by atoms with E-state index in [2.05, 4.69) is 52.2 Å². The number of hydrogen-bond donors (Lipinski definition) is 2. The zero-order valence-corrected chi connectivity index (χ0v) is 12.7. The van der Waals surface area contributed by atoms with Crippen LogP contribution in [0.4, 0.5) is 0 Å². The van der Waals surface area contributed by atoms with Crippen LogP contribution in [0.1, 0.15) is 60.8 Å². The highest BCUT2D eigenvalue weighted by Crippen LogP contribution is 2.25. The molecule has 0 saturated carbocycles. The van der Waals surface area contributed by atoms with Crippen LogP contribution in [0.3, 0.4) is 0 Å². The van der Waals surface area contributed by atoms with Crippen LogP contribution in [-0.4, -0.2) is 24.7 Å². The van der Waals surface area contributed by atoms with Crippen LogP contribution in [0, 0.1) is 11.3 Å². The average Bonchev–Trinajstić information content (AvgIpc) is 2.11. The van der Waals surface area contributed by atoms with E-state index in [1.165, 1.54) is 19.3 Å².